The first-order chi connectivity index (χ1) is 27.2. The van der Waals surface area contributed by atoms with Gasteiger partial charge in [-0.2, -0.15) is 0 Å². The van der Waals surface area contributed by atoms with Crippen LogP contribution in [0, 0.1) is 0 Å². The van der Waals surface area contributed by atoms with E-state index < -0.39 is 0 Å². The van der Waals surface area contributed by atoms with Gasteiger partial charge in [-0.05, 0) is 99.7 Å². The normalized spacial score (nSPS) is 15.2. The number of nitrogens with two attached hydrogens (primary N) is 1. The molecule has 7 aromatic carbocycles. The summed E-state index contributed by atoms with van der Waals surface area (Å²) in [6, 6.07) is 63.9. The first-order valence-electron chi connectivity index (χ1n) is 18.6. The van der Waals surface area contributed by atoms with E-state index >= 15 is 0 Å². The van der Waals surface area contributed by atoms with Crippen LogP contribution in [0.25, 0.3) is 44.2 Å². The topological polar surface area (TPSA) is 46.2 Å². The number of nitrogens with one attached hydrogen (secondary N) is 1. The molecule has 0 saturated heterocycles. The molecule has 8 aromatic rings. The van der Waals surface area contributed by atoms with Crippen LogP contribution in [0.1, 0.15) is 33.9 Å². The molecular weight excluding hydrogens is 669 g/mol. The molecule has 1 aromatic heterocycles. The SMILES string of the molecule is C=C1/C=C(c2ccc3c(c2)c2ccccc2n3-c2ccccc2)\C=C/N(c2cccc(/C(=C\C(NN)c3ccccc3)c3ccccc3)c2)c2ccccc21. The third-order valence-corrected chi connectivity index (χ3v) is 10.5. The van der Waals surface area contributed by atoms with Crippen molar-refractivity contribution in [1.82, 2.24) is 9.99 Å². The summed E-state index contributed by atoms with van der Waals surface area (Å²) in [7, 11) is 0. The monoisotopic (exact) mass is 708 g/mol. The van der Waals surface area contributed by atoms with E-state index in [9.17, 15) is 0 Å². The zero-order chi connectivity index (χ0) is 37.1. The molecule has 0 radical (unpaired) electrons. The highest BCUT2D eigenvalue weighted by molar-refractivity contribution is 6.10. The molecule has 0 bridgehead atoms. The second-order valence-electron chi connectivity index (χ2n) is 13.8. The largest absolute Gasteiger partial charge is 0.317 e. The van der Waals surface area contributed by atoms with Gasteiger partial charge in [0.15, 0.2) is 0 Å². The number of hydrogen-bond acceptors (Lipinski definition) is 3. The molecule has 9 rings (SSSR count). The van der Waals surface area contributed by atoms with Crippen molar-refractivity contribution in [3.8, 4) is 5.69 Å². The molecule has 1 aliphatic rings. The van der Waals surface area contributed by atoms with Gasteiger partial charge in [0.1, 0.15) is 0 Å². The lowest BCUT2D eigenvalue weighted by molar-refractivity contribution is 0.656. The lowest BCUT2D eigenvalue weighted by Gasteiger charge is -2.27. The average molecular weight is 709 g/mol. The third kappa shape index (κ3) is 6.51. The van der Waals surface area contributed by atoms with Crippen molar-refractivity contribution in [2.45, 2.75) is 6.04 Å². The van der Waals surface area contributed by atoms with E-state index in [1.807, 2.05) is 24.3 Å². The van der Waals surface area contributed by atoms with Gasteiger partial charge in [0.25, 0.3) is 0 Å². The highest BCUT2D eigenvalue weighted by atomic mass is 15.2. The van der Waals surface area contributed by atoms with Crippen LogP contribution in [0.15, 0.2) is 213 Å². The van der Waals surface area contributed by atoms with E-state index in [1.54, 1.807) is 0 Å². The highest BCUT2D eigenvalue weighted by Gasteiger charge is 2.19. The summed E-state index contributed by atoms with van der Waals surface area (Å²) in [6.07, 6.45) is 8.83. The van der Waals surface area contributed by atoms with E-state index in [1.165, 1.54) is 21.8 Å². The standard InChI is InChI=1S/C51H40N4/c1-36-32-40(39-28-29-51-47(34-39)45-25-12-14-27-50(45)55(51)42-21-9-4-10-22-42)30-31-54(49-26-13-11-24-44(36)49)43-23-15-20-41(33-43)46(37-16-5-2-6-17-37)35-48(53-52)38-18-7-3-8-19-38/h2-35,48,53H,1,52H2/b31-30-,40-32+,46-35-. The summed E-state index contributed by atoms with van der Waals surface area (Å²) >= 11 is 0. The van der Waals surface area contributed by atoms with Crippen molar-refractivity contribution >= 4 is 49.9 Å². The fourth-order valence-electron chi connectivity index (χ4n) is 7.78. The predicted molar refractivity (Wildman–Crippen MR) is 232 cm³/mol. The Balaban J connectivity index is 1.15. The summed E-state index contributed by atoms with van der Waals surface area (Å²) in [6.45, 7) is 4.60. The van der Waals surface area contributed by atoms with Gasteiger partial charge in [-0.15, -0.1) is 0 Å². The Kier molecular flexibility index (Phi) is 9.10. The Morgan fingerprint density at radius 3 is 2.05 bits per heavy atom. The van der Waals surface area contributed by atoms with Gasteiger partial charge >= 0.3 is 0 Å². The summed E-state index contributed by atoms with van der Waals surface area (Å²) in [4.78, 5) is 2.27. The van der Waals surface area contributed by atoms with Crippen LogP contribution in [0.3, 0.4) is 0 Å². The van der Waals surface area contributed by atoms with Crippen molar-refractivity contribution < 1.29 is 0 Å². The van der Waals surface area contributed by atoms with Gasteiger partial charge in [0.05, 0.1) is 22.8 Å². The molecule has 0 saturated carbocycles. The number of hydrazine groups is 1. The van der Waals surface area contributed by atoms with Gasteiger partial charge in [0.2, 0.25) is 0 Å². The summed E-state index contributed by atoms with van der Waals surface area (Å²) in [5, 5.41) is 2.44. The molecule has 0 amide bonds. The molecule has 0 fully saturated rings. The maximum Gasteiger partial charge on any atom is 0.0649 e. The number of allylic oxidation sites excluding steroid dienone is 4. The molecule has 1 unspecified atom stereocenters. The molecule has 4 heteroatoms. The molecule has 1 atom stereocenters. The van der Waals surface area contributed by atoms with E-state index in [2.05, 4.69) is 204 Å². The molecule has 3 N–H and O–H groups in total. The van der Waals surface area contributed by atoms with Gasteiger partial charge in [-0.25, -0.2) is 5.43 Å². The average Bonchev–Trinajstić information content (AvgIpc) is 3.58. The Labute approximate surface area is 322 Å². The molecule has 1 aliphatic heterocycles. The molecule has 0 spiro atoms. The minimum Gasteiger partial charge on any atom is -0.317 e. The van der Waals surface area contributed by atoms with E-state index in [0.717, 1.165) is 61.6 Å². The fourth-order valence-corrected chi connectivity index (χ4v) is 7.78. The summed E-state index contributed by atoms with van der Waals surface area (Å²) in [5.41, 5.74) is 17.3. The second kappa shape index (κ2) is 14.8. The summed E-state index contributed by atoms with van der Waals surface area (Å²) in [5.74, 6) is 6.17. The molecule has 2 heterocycles. The minimum atomic E-state index is -0.183. The maximum absolute atomic E-state index is 6.17. The van der Waals surface area contributed by atoms with Crippen molar-refractivity contribution in [2.75, 3.05) is 4.90 Å². The number of hydrogen-bond donors (Lipinski definition) is 2. The first-order valence-corrected chi connectivity index (χ1v) is 18.6. The van der Waals surface area contributed by atoms with Crippen LogP contribution >= 0.6 is 0 Å². The van der Waals surface area contributed by atoms with Crippen LogP contribution in [0.2, 0.25) is 0 Å². The Bertz CT molecular complexity index is 2760. The van der Waals surface area contributed by atoms with Crippen LogP contribution in [-0.4, -0.2) is 4.57 Å². The Morgan fingerprint density at radius 1 is 0.600 bits per heavy atom. The first kappa shape index (κ1) is 33.8. The van der Waals surface area contributed by atoms with Crippen molar-refractivity contribution in [3.63, 3.8) is 0 Å². The second-order valence-corrected chi connectivity index (χ2v) is 13.8. The van der Waals surface area contributed by atoms with Crippen molar-refractivity contribution in [3.05, 3.63) is 241 Å². The minimum absolute atomic E-state index is 0.183. The zero-order valence-electron chi connectivity index (χ0n) is 30.4. The summed E-state index contributed by atoms with van der Waals surface area (Å²) < 4.78 is 2.35. The van der Waals surface area contributed by atoms with Crippen molar-refractivity contribution in [1.29, 1.82) is 0 Å². The number of fused-ring (bicyclic) bond motifs is 4. The maximum atomic E-state index is 6.17. The fraction of sp³-hybridized carbons (Fsp3) is 0.0196. The van der Waals surface area contributed by atoms with Gasteiger partial charge in [0, 0.05) is 33.9 Å². The lowest BCUT2D eigenvalue weighted by Crippen LogP contribution is -2.26. The predicted octanol–water partition coefficient (Wildman–Crippen LogP) is 12.2. The zero-order valence-corrected chi connectivity index (χ0v) is 30.4. The highest BCUT2D eigenvalue weighted by Crippen LogP contribution is 2.40. The number of benzene rings is 7. The van der Waals surface area contributed by atoms with Crippen LogP contribution in [0.5, 0.6) is 0 Å². The van der Waals surface area contributed by atoms with Gasteiger partial charge < -0.3 is 9.47 Å². The number of nitrogens with zero attached hydrogens (tertiary/aromatic N) is 2. The van der Waals surface area contributed by atoms with E-state index in [0.29, 0.717) is 0 Å². The third-order valence-electron chi connectivity index (χ3n) is 10.5. The number of anilines is 2. The van der Waals surface area contributed by atoms with E-state index in [4.69, 9.17) is 5.84 Å². The molecule has 0 aliphatic carbocycles. The van der Waals surface area contributed by atoms with Gasteiger partial charge in [-0.1, -0.05) is 146 Å². The van der Waals surface area contributed by atoms with Crippen LogP contribution in [0.4, 0.5) is 11.4 Å². The Morgan fingerprint density at radius 2 is 1.25 bits per heavy atom. The molecule has 4 nitrogen and oxygen atoms in total. The lowest BCUT2D eigenvalue weighted by atomic mass is 9.93. The van der Waals surface area contributed by atoms with Crippen LogP contribution < -0.4 is 16.2 Å². The van der Waals surface area contributed by atoms with Crippen molar-refractivity contribution in [2.24, 2.45) is 5.84 Å². The quantitative estimate of drug-likeness (QED) is 0.122. The van der Waals surface area contributed by atoms with Gasteiger partial charge in [-0.3, -0.25) is 5.84 Å². The number of aromatic nitrogens is 1. The number of para-hydroxylation sites is 3. The Hall–Kier alpha value is -6.98. The molecule has 264 valence electrons. The van der Waals surface area contributed by atoms with E-state index in [-0.39, 0.29) is 6.04 Å². The number of rotatable bonds is 8. The smallest absolute Gasteiger partial charge is 0.0649 e. The van der Waals surface area contributed by atoms with Crippen LogP contribution in [-0.2, 0) is 0 Å². The molecular formula is C51H40N4. The molecule has 55 heavy (non-hydrogen) atoms.